The molecule has 0 aliphatic rings. The molecule has 1 atom stereocenters. The number of nitrogens with one attached hydrogen (secondary N) is 1. The highest BCUT2D eigenvalue weighted by Gasteiger charge is 2.17. The highest BCUT2D eigenvalue weighted by Crippen LogP contribution is 2.18. The van der Waals surface area contributed by atoms with Gasteiger partial charge >= 0.3 is 0 Å². The van der Waals surface area contributed by atoms with Gasteiger partial charge in [0.25, 0.3) is 5.91 Å². The van der Waals surface area contributed by atoms with Crippen LogP contribution in [0.25, 0.3) is 0 Å². The van der Waals surface area contributed by atoms with E-state index in [4.69, 9.17) is 4.42 Å². The largest absolute Gasteiger partial charge is 0.447 e. The molecular formula is C25H31N3O2. The molecule has 30 heavy (non-hydrogen) atoms. The van der Waals surface area contributed by atoms with Crippen molar-refractivity contribution in [2.75, 3.05) is 0 Å². The standard InChI is InChI=1S/C25H31N3O2/c1-5-20(4)26-25(29)23-17-30-24(27-23)16-28(14-21-9-7-6-8-10-21)15-22-12-11-18(2)13-19(22)3/h6-13,17,20H,5,14-16H2,1-4H3,(H,26,29)/t20-/m0/s1. The number of oxazole rings is 1. The Morgan fingerprint density at radius 1 is 1.10 bits per heavy atom. The SMILES string of the molecule is CC[C@H](C)NC(=O)c1coc(CN(Cc2ccccc2)Cc2ccc(C)cc2C)n1. The van der Waals surface area contributed by atoms with Crippen LogP contribution in [0.15, 0.2) is 59.2 Å². The molecule has 1 amide bonds. The molecule has 1 aromatic heterocycles. The van der Waals surface area contributed by atoms with Crippen LogP contribution in [-0.4, -0.2) is 21.8 Å². The molecule has 0 spiro atoms. The fourth-order valence-corrected chi connectivity index (χ4v) is 3.35. The minimum absolute atomic E-state index is 0.108. The van der Waals surface area contributed by atoms with Gasteiger partial charge in [-0.1, -0.05) is 61.0 Å². The van der Waals surface area contributed by atoms with Crippen molar-refractivity contribution in [2.45, 2.75) is 59.8 Å². The molecule has 0 aliphatic heterocycles. The summed E-state index contributed by atoms with van der Waals surface area (Å²) in [6, 6.07) is 17.0. The Morgan fingerprint density at radius 2 is 1.87 bits per heavy atom. The van der Waals surface area contributed by atoms with Crippen molar-refractivity contribution in [1.82, 2.24) is 15.2 Å². The quantitative estimate of drug-likeness (QED) is 0.543. The maximum Gasteiger partial charge on any atom is 0.273 e. The van der Waals surface area contributed by atoms with Crippen molar-refractivity contribution in [1.29, 1.82) is 0 Å². The molecule has 1 N–H and O–H groups in total. The van der Waals surface area contributed by atoms with Gasteiger partial charge in [-0.25, -0.2) is 4.98 Å². The predicted octanol–water partition coefficient (Wildman–Crippen LogP) is 5.02. The average Bonchev–Trinajstić information content (AvgIpc) is 3.19. The lowest BCUT2D eigenvalue weighted by Crippen LogP contribution is -2.32. The van der Waals surface area contributed by atoms with Crippen LogP contribution in [0.4, 0.5) is 0 Å². The van der Waals surface area contributed by atoms with E-state index >= 15 is 0 Å². The zero-order chi connectivity index (χ0) is 21.5. The van der Waals surface area contributed by atoms with Gasteiger partial charge in [0.2, 0.25) is 5.89 Å². The van der Waals surface area contributed by atoms with Gasteiger partial charge in [0.15, 0.2) is 5.69 Å². The maximum absolute atomic E-state index is 12.3. The topological polar surface area (TPSA) is 58.4 Å². The number of carbonyl (C=O) groups is 1. The first kappa shape index (κ1) is 21.8. The number of benzene rings is 2. The summed E-state index contributed by atoms with van der Waals surface area (Å²) in [6.45, 7) is 10.3. The summed E-state index contributed by atoms with van der Waals surface area (Å²) < 4.78 is 5.64. The van der Waals surface area contributed by atoms with Crippen LogP contribution >= 0.6 is 0 Å². The lowest BCUT2D eigenvalue weighted by atomic mass is 10.0. The van der Waals surface area contributed by atoms with Gasteiger partial charge in [0, 0.05) is 19.1 Å². The second-order valence-electron chi connectivity index (χ2n) is 7.97. The van der Waals surface area contributed by atoms with E-state index < -0.39 is 0 Å². The number of carbonyl (C=O) groups excluding carboxylic acids is 1. The summed E-state index contributed by atoms with van der Waals surface area (Å²) in [7, 11) is 0. The monoisotopic (exact) mass is 405 g/mol. The molecule has 0 saturated heterocycles. The second-order valence-corrected chi connectivity index (χ2v) is 7.97. The smallest absolute Gasteiger partial charge is 0.273 e. The molecule has 0 saturated carbocycles. The highest BCUT2D eigenvalue weighted by molar-refractivity contribution is 5.92. The molecule has 0 fully saturated rings. The van der Waals surface area contributed by atoms with E-state index in [1.165, 1.54) is 28.5 Å². The minimum Gasteiger partial charge on any atom is -0.447 e. The van der Waals surface area contributed by atoms with Crippen LogP contribution in [0, 0.1) is 13.8 Å². The Morgan fingerprint density at radius 3 is 2.57 bits per heavy atom. The van der Waals surface area contributed by atoms with Crippen LogP contribution in [0.1, 0.15) is 58.9 Å². The van der Waals surface area contributed by atoms with E-state index in [-0.39, 0.29) is 11.9 Å². The fraction of sp³-hybridized carbons (Fsp3) is 0.360. The molecule has 0 unspecified atom stereocenters. The Bertz CT molecular complexity index is 966. The normalized spacial score (nSPS) is 12.2. The minimum atomic E-state index is -0.191. The number of hydrogen-bond donors (Lipinski definition) is 1. The van der Waals surface area contributed by atoms with E-state index in [2.05, 4.69) is 59.4 Å². The van der Waals surface area contributed by atoms with Crippen LogP contribution in [-0.2, 0) is 19.6 Å². The number of amides is 1. The van der Waals surface area contributed by atoms with Gasteiger partial charge in [-0.05, 0) is 43.9 Å². The van der Waals surface area contributed by atoms with E-state index in [0.29, 0.717) is 18.1 Å². The van der Waals surface area contributed by atoms with Crippen molar-refractivity contribution < 1.29 is 9.21 Å². The third-order valence-corrected chi connectivity index (χ3v) is 5.27. The first-order chi connectivity index (χ1) is 14.4. The molecule has 3 rings (SSSR count). The van der Waals surface area contributed by atoms with Crippen molar-refractivity contribution in [3.05, 3.63) is 88.6 Å². The average molecular weight is 406 g/mol. The second kappa shape index (κ2) is 10.2. The Balaban J connectivity index is 1.76. The molecule has 1 heterocycles. The molecule has 158 valence electrons. The summed E-state index contributed by atoms with van der Waals surface area (Å²) in [4.78, 5) is 19.0. The summed E-state index contributed by atoms with van der Waals surface area (Å²) in [5, 5.41) is 2.93. The number of rotatable bonds is 9. The van der Waals surface area contributed by atoms with Gasteiger partial charge in [-0.15, -0.1) is 0 Å². The first-order valence-electron chi connectivity index (χ1n) is 10.5. The maximum atomic E-state index is 12.3. The molecule has 5 nitrogen and oxygen atoms in total. The Kier molecular flexibility index (Phi) is 7.41. The molecule has 2 aromatic carbocycles. The van der Waals surface area contributed by atoms with Gasteiger partial charge in [0.1, 0.15) is 6.26 Å². The Labute approximate surface area is 179 Å². The third kappa shape index (κ3) is 6.04. The summed E-state index contributed by atoms with van der Waals surface area (Å²) in [6.07, 6.45) is 2.32. The predicted molar refractivity (Wildman–Crippen MR) is 119 cm³/mol. The summed E-state index contributed by atoms with van der Waals surface area (Å²) in [5.41, 5.74) is 5.36. The van der Waals surface area contributed by atoms with Crippen LogP contribution < -0.4 is 5.32 Å². The van der Waals surface area contributed by atoms with Crippen molar-refractivity contribution in [3.8, 4) is 0 Å². The lowest BCUT2D eigenvalue weighted by Gasteiger charge is -2.22. The number of nitrogens with zero attached hydrogens (tertiary/aromatic N) is 2. The highest BCUT2D eigenvalue weighted by atomic mass is 16.3. The Hall–Kier alpha value is -2.92. The molecule has 0 aliphatic carbocycles. The van der Waals surface area contributed by atoms with Gasteiger partial charge in [0.05, 0.1) is 6.54 Å². The van der Waals surface area contributed by atoms with Gasteiger partial charge in [-0.3, -0.25) is 9.69 Å². The molecule has 0 radical (unpaired) electrons. The molecular weight excluding hydrogens is 374 g/mol. The van der Waals surface area contributed by atoms with Crippen molar-refractivity contribution in [2.24, 2.45) is 0 Å². The van der Waals surface area contributed by atoms with E-state index in [0.717, 1.165) is 19.5 Å². The fourth-order valence-electron chi connectivity index (χ4n) is 3.35. The molecule has 3 aromatic rings. The van der Waals surface area contributed by atoms with Crippen LogP contribution in [0.2, 0.25) is 0 Å². The van der Waals surface area contributed by atoms with E-state index in [1.54, 1.807) is 0 Å². The third-order valence-electron chi connectivity index (χ3n) is 5.27. The van der Waals surface area contributed by atoms with Crippen molar-refractivity contribution >= 4 is 5.91 Å². The first-order valence-corrected chi connectivity index (χ1v) is 10.5. The van der Waals surface area contributed by atoms with Crippen LogP contribution in [0.5, 0.6) is 0 Å². The van der Waals surface area contributed by atoms with Crippen LogP contribution in [0.3, 0.4) is 0 Å². The summed E-state index contributed by atoms with van der Waals surface area (Å²) in [5.74, 6) is 0.355. The van der Waals surface area contributed by atoms with Gasteiger partial charge in [-0.2, -0.15) is 0 Å². The number of hydrogen-bond acceptors (Lipinski definition) is 4. The lowest BCUT2D eigenvalue weighted by molar-refractivity contribution is 0.0934. The zero-order valence-electron chi connectivity index (χ0n) is 18.3. The van der Waals surface area contributed by atoms with Gasteiger partial charge < -0.3 is 9.73 Å². The van der Waals surface area contributed by atoms with E-state index in [9.17, 15) is 4.79 Å². The van der Waals surface area contributed by atoms with Crippen molar-refractivity contribution in [3.63, 3.8) is 0 Å². The number of aryl methyl sites for hydroxylation is 2. The number of aromatic nitrogens is 1. The van der Waals surface area contributed by atoms with E-state index in [1.807, 2.05) is 32.0 Å². The molecule has 5 heteroatoms. The summed E-state index contributed by atoms with van der Waals surface area (Å²) >= 11 is 0. The molecule has 0 bridgehead atoms. The zero-order valence-corrected chi connectivity index (χ0v) is 18.3.